The highest BCUT2D eigenvalue weighted by atomic mass is 16.2. The van der Waals surface area contributed by atoms with Crippen LogP contribution in [0.25, 0.3) is 0 Å². The van der Waals surface area contributed by atoms with E-state index in [2.05, 4.69) is 0 Å². The van der Waals surface area contributed by atoms with Crippen molar-refractivity contribution in [2.45, 2.75) is 31.7 Å². The summed E-state index contributed by atoms with van der Waals surface area (Å²) in [5.41, 5.74) is 7.04. The number of carbonyl (C=O) groups is 1. The standard InChI is InChI=1S/C16H22N2O/c17-15(12-6-2-1-3-7-12)16(19)18-10-13-8-4-5-9-14(13)11-18/h1-3,6-7,13-15H,4-5,8-11,17H2. The summed E-state index contributed by atoms with van der Waals surface area (Å²) in [6.45, 7) is 1.84. The van der Waals surface area contributed by atoms with Crippen molar-refractivity contribution in [1.82, 2.24) is 4.90 Å². The molecule has 0 bridgehead atoms. The first-order valence-corrected chi connectivity index (χ1v) is 7.35. The van der Waals surface area contributed by atoms with Crippen LogP contribution in [0.2, 0.25) is 0 Å². The van der Waals surface area contributed by atoms with E-state index in [1.165, 1.54) is 25.7 Å². The molecule has 0 aromatic heterocycles. The van der Waals surface area contributed by atoms with E-state index >= 15 is 0 Å². The summed E-state index contributed by atoms with van der Waals surface area (Å²) in [5.74, 6) is 1.54. The topological polar surface area (TPSA) is 46.3 Å². The van der Waals surface area contributed by atoms with Crippen molar-refractivity contribution in [2.24, 2.45) is 17.6 Å². The van der Waals surface area contributed by atoms with Gasteiger partial charge in [0.25, 0.3) is 0 Å². The summed E-state index contributed by atoms with van der Waals surface area (Å²) in [5, 5.41) is 0. The van der Waals surface area contributed by atoms with Crippen LogP contribution in [0.3, 0.4) is 0 Å². The van der Waals surface area contributed by atoms with E-state index in [0.717, 1.165) is 30.5 Å². The fourth-order valence-electron chi connectivity index (χ4n) is 3.59. The number of hydrogen-bond acceptors (Lipinski definition) is 2. The third-order valence-corrected chi connectivity index (χ3v) is 4.71. The molecule has 19 heavy (non-hydrogen) atoms. The Morgan fingerprint density at radius 3 is 2.26 bits per heavy atom. The van der Waals surface area contributed by atoms with Gasteiger partial charge in [0.15, 0.2) is 0 Å². The zero-order valence-electron chi connectivity index (χ0n) is 11.3. The molecule has 3 rings (SSSR count). The van der Waals surface area contributed by atoms with Gasteiger partial charge in [-0.25, -0.2) is 0 Å². The minimum absolute atomic E-state index is 0.0978. The van der Waals surface area contributed by atoms with Gasteiger partial charge in [-0.05, 0) is 30.2 Å². The summed E-state index contributed by atoms with van der Waals surface area (Å²) in [4.78, 5) is 14.5. The number of fused-ring (bicyclic) bond motifs is 1. The van der Waals surface area contributed by atoms with Gasteiger partial charge in [0.1, 0.15) is 6.04 Å². The monoisotopic (exact) mass is 258 g/mol. The van der Waals surface area contributed by atoms with Crippen LogP contribution in [0.1, 0.15) is 37.3 Å². The molecule has 1 aliphatic carbocycles. The highest BCUT2D eigenvalue weighted by molar-refractivity contribution is 5.83. The lowest BCUT2D eigenvalue weighted by atomic mass is 9.82. The van der Waals surface area contributed by atoms with Crippen molar-refractivity contribution in [3.8, 4) is 0 Å². The molecule has 2 fully saturated rings. The van der Waals surface area contributed by atoms with Crippen molar-refractivity contribution in [1.29, 1.82) is 0 Å². The van der Waals surface area contributed by atoms with Crippen LogP contribution >= 0.6 is 0 Å². The van der Waals surface area contributed by atoms with Crippen molar-refractivity contribution in [2.75, 3.05) is 13.1 Å². The number of likely N-dealkylation sites (tertiary alicyclic amines) is 1. The molecule has 0 radical (unpaired) electrons. The maximum atomic E-state index is 12.5. The Bertz CT molecular complexity index is 431. The molecule has 2 aliphatic rings. The van der Waals surface area contributed by atoms with Crippen LogP contribution in [0.4, 0.5) is 0 Å². The molecule has 0 spiro atoms. The van der Waals surface area contributed by atoms with E-state index in [-0.39, 0.29) is 5.91 Å². The minimum atomic E-state index is -0.499. The molecule has 2 N–H and O–H groups in total. The predicted molar refractivity (Wildman–Crippen MR) is 75.4 cm³/mol. The highest BCUT2D eigenvalue weighted by Gasteiger charge is 2.37. The maximum absolute atomic E-state index is 12.5. The van der Waals surface area contributed by atoms with E-state index < -0.39 is 6.04 Å². The molecule has 3 unspecified atom stereocenters. The van der Waals surface area contributed by atoms with Gasteiger partial charge in [0.05, 0.1) is 0 Å². The van der Waals surface area contributed by atoms with Crippen LogP contribution < -0.4 is 5.73 Å². The number of amides is 1. The summed E-state index contributed by atoms with van der Waals surface area (Å²) >= 11 is 0. The second-order valence-corrected chi connectivity index (χ2v) is 5.94. The highest BCUT2D eigenvalue weighted by Crippen LogP contribution is 2.36. The van der Waals surface area contributed by atoms with E-state index in [4.69, 9.17) is 5.73 Å². The molecule has 3 atom stereocenters. The van der Waals surface area contributed by atoms with Gasteiger partial charge in [0.2, 0.25) is 5.91 Å². The number of hydrogen-bond donors (Lipinski definition) is 1. The molecule has 1 amide bonds. The summed E-state index contributed by atoms with van der Waals surface area (Å²) in [7, 11) is 0. The van der Waals surface area contributed by atoms with E-state index in [0.29, 0.717) is 0 Å². The summed E-state index contributed by atoms with van der Waals surface area (Å²) in [6, 6.07) is 9.20. The molecule has 102 valence electrons. The van der Waals surface area contributed by atoms with Gasteiger partial charge in [-0.1, -0.05) is 43.2 Å². The molecule has 1 heterocycles. The van der Waals surface area contributed by atoms with Crippen LogP contribution in [-0.4, -0.2) is 23.9 Å². The van der Waals surface area contributed by atoms with E-state index in [9.17, 15) is 4.79 Å². The predicted octanol–water partition coefficient (Wildman–Crippen LogP) is 2.33. The number of benzene rings is 1. The lowest BCUT2D eigenvalue weighted by Crippen LogP contribution is -2.37. The Hall–Kier alpha value is -1.35. The van der Waals surface area contributed by atoms with E-state index in [1.54, 1.807) is 0 Å². The third-order valence-electron chi connectivity index (χ3n) is 4.71. The average Bonchev–Trinajstić information content (AvgIpc) is 2.90. The van der Waals surface area contributed by atoms with Crippen molar-refractivity contribution < 1.29 is 4.79 Å². The second kappa shape index (κ2) is 5.33. The Morgan fingerprint density at radius 2 is 1.68 bits per heavy atom. The lowest BCUT2D eigenvalue weighted by molar-refractivity contribution is -0.131. The average molecular weight is 258 g/mol. The van der Waals surface area contributed by atoms with Gasteiger partial charge in [-0.2, -0.15) is 0 Å². The quantitative estimate of drug-likeness (QED) is 0.885. The number of carbonyl (C=O) groups excluding carboxylic acids is 1. The van der Waals surface area contributed by atoms with Gasteiger partial charge in [0, 0.05) is 13.1 Å². The lowest BCUT2D eigenvalue weighted by Gasteiger charge is -2.22. The fraction of sp³-hybridized carbons (Fsp3) is 0.562. The molecule has 3 nitrogen and oxygen atoms in total. The number of nitrogens with zero attached hydrogens (tertiary/aromatic N) is 1. The fourth-order valence-corrected chi connectivity index (χ4v) is 3.59. The molecule has 1 saturated heterocycles. The molecule has 1 saturated carbocycles. The van der Waals surface area contributed by atoms with Crippen molar-refractivity contribution in [3.63, 3.8) is 0 Å². The number of nitrogens with two attached hydrogens (primary N) is 1. The summed E-state index contributed by atoms with van der Waals surface area (Å²) < 4.78 is 0. The van der Waals surface area contributed by atoms with Crippen LogP contribution in [0.15, 0.2) is 30.3 Å². The molecule has 1 aromatic carbocycles. The third kappa shape index (κ3) is 2.52. The largest absolute Gasteiger partial charge is 0.340 e. The Balaban J connectivity index is 1.68. The zero-order chi connectivity index (χ0) is 13.2. The van der Waals surface area contributed by atoms with Gasteiger partial charge >= 0.3 is 0 Å². The SMILES string of the molecule is NC(C(=O)N1CC2CCCCC2C1)c1ccccc1. The number of rotatable bonds is 2. The van der Waals surface area contributed by atoms with Crippen molar-refractivity contribution >= 4 is 5.91 Å². The summed E-state index contributed by atoms with van der Waals surface area (Å²) in [6.07, 6.45) is 5.23. The van der Waals surface area contributed by atoms with Crippen LogP contribution in [-0.2, 0) is 4.79 Å². The normalized spacial score (nSPS) is 27.9. The van der Waals surface area contributed by atoms with Crippen molar-refractivity contribution in [3.05, 3.63) is 35.9 Å². The van der Waals surface area contributed by atoms with Gasteiger partial charge in [-0.3, -0.25) is 4.79 Å². The Labute approximate surface area is 114 Å². The Kier molecular flexibility index (Phi) is 3.56. The zero-order valence-corrected chi connectivity index (χ0v) is 11.3. The molecule has 1 aliphatic heterocycles. The first kappa shape index (κ1) is 12.7. The maximum Gasteiger partial charge on any atom is 0.244 e. The smallest absolute Gasteiger partial charge is 0.244 e. The Morgan fingerprint density at radius 1 is 1.11 bits per heavy atom. The first-order chi connectivity index (χ1) is 9.25. The molecular weight excluding hydrogens is 236 g/mol. The first-order valence-electron chi connectivity index (χ1n) is 7.35. The van der Waals surface area contributed by atoms with Gasteiger partial charge in [-0.15, -0.1) is 0 Å². The minimum Gasteiger partial charge on any atom is -0.340 e. The van der Waals surface area contributed by atoms with E-state index in [1.807, 2.05) is 35.2 Å². The molecule has 1 aromatic rings. The molecule has 3 heteroatoms. The van der Waals surface area contributed by atoms with Gasteiger partial charge < -0.3 is 10.6 Å². The molecular formula is C16H22N2O. The van der Waals surface area contributed by atoms with Crippen LogP contribution in [0, 0.1) is 11.8 Å². The second-order valence-electron chi connectivity index (χ2n) is 5.94. The van der Waals surface area contributed by atoms with Crippen LogP contribution in [0.5, 0.6) is 0 Å².